The van der Waals surface area contributed by atoms with Gasteiger partial charge in [-0.1, -0.05) is 0 Å². The van der Waals surface area contributed by atoms with E-state index in [1.807, 2.05) is 0 Å². The van der Waals surface area contributed by atoms with Crippen molar-refractivity contribution in [2.45, 2.75) is 62.5 Å². The van der Waals surface area contributed by atoms with Gasteiger partial charge in [-0.3, -0.25) is 19.6 Å². The van der Waals surface area contributed by atoms with Crippen molar-refractivity contribution in [3.05, 3.63) is 35.4 Å². The summed E-state index contributed by atoms with van der Waals surface area (Å²) in [6, 6.07) is 4.87. The zero-order valence-electron chi connectivity index (χ0n) is 30.6. The molecule has 2 atom stereocenters. The van der Waals surface area contributed by atoms with Gasteiger partial charge in [-0.2, -0.15) is 0 Å². The Kier molecular flexibility index (Phi) is 11.0. The number of aliphatic imine (C=N–C) groups is 2. The number of rotatable bonds is 14. The molecular weight excluding hydrogens is 712 g/mol. The summed E-state index contributed by atoms with van der Waals surface area (Å²) in [5.74, 6) is -5.17. The molecule has 2 aromatic carbocycles. The number of hydrogen-bond donors (Lipinski definition) is 0. The maximum atomic E-state index is 14.0. The predicted molar refractivity (Wildman–Crippen MR) is 193 cm³/mol. The lowest BCUT2D eigenvalue weighted by molar-refractivity contribution is 0.0116. The Balaban J connectivity index is 0.795. The minimum atomic E-state index is -2.93. The van der Waals surface area contributed by atoms with Gasteiger partial charge < -0.3 is 38.5 Å². The van der Waals surface area contributed by atoms with Gasteiger partial charge in [0.25, 0.3) is 23.7 Å². The molecule has 2 amide bonds. The molecule has 16 heteroatoms. The number of methoxy groups -OCH3 is 2. The number of nitrogens with zero attached hydrogens (tertiary/aromatic N) is 6. The fraction of sp³-hybridized carbons (Fsp3) is 0.579. The topological polar surface area (TPSA) is 109 Å². The van der Waals surface area contributed by atoms with Gasteiger partial charge in [-0.25, -0.2) is 17.6 Å². The third kappa shape index (κ3) is 8.28. The molecule has 7 rings (SSSR count). The number of alkyl halides is 4. The normalized spacial score (nSPS) is 23.0. The lowest BCUT2D eigenvalue weighted by Gasteiger charge is -2.34. The molecule has 5 heterocycles. The van der Waals surface area contributed by atoms with Crippen molar-refractivity contribution in [3.8, 4) is 23.0 Å². The molecule has 0 radical (unpaired) electrons. The van der Waals surface area contributed by atoms with Crippen molar-refractivity contribution in [1.82, 2.24) is 19.6 Å². The molecule has 0 unspecified atom stereocenters. The van der Waals surface area contributed by atoms with E-state index in [0.717, 1.165) is 65.0 Å². The van der Waals surface area contributed by atoms with Crippen molar-refractivity contribution in [1.29, 1.82) is 0 Å². The number of carbonyl (C=O) groups excluding carboxylic acids is 2. The van der Waals surface area contributed by atoms with Crippen molar-refractivity contribution in [3.63, 3.8) is 0 Å². The average molecular weight is 759 g/mol. The maximum Gasteiger partial charge on any atom is 0.267 e. The number of carbonyl (C=O) groups is 2. The smallest absolute Gasteiger partial charge is 0.267 e. The molecule has 292 valence electrons. The van der Waals surface area contributed by atoms with Crippen LogP contribution >= 0.6 is 0 Å². The van der Waals surface area contributed by atoms with E-state index in [4.69, 9.17) is 18.9 Å². The first-order valence-corrected chi connectivity index (χ1v) is 18.5. The lowest BCUT2D eigenvalue weighted by Crippen LogP contribution is -2.46. The van der Waals surface area contributed by atoms with Gasteiger partial charge in [0.05, 0.1) is 75.1 Å². The summed E-state index contributed by atoms with van der Waals surface area (Å²) in [7, 11) is 2.96. The van der Waals surface area contributed by atoms with E-state index in [9.17, 15) is 27.2 Å². The number of halogens is 4. The summed E-state index contributed by atoms with van der Waals surface area (Å²) in [5.41, 5.74) is 1.22. The molecule has 0 aliphatic carbocycles. The number of unbranched alkanes of at least 4 members (excludes halogenated alkanes) is 2. The molecule has 0 aromatic heterocycles. The third-order valence-corrected chi connectivity index (χ3v) is 10.7. The predicted octanol–water partition coefficient (Wildman–Crippen LogP) is 5.47. The van der Waals surface area contributed by atoms with E-state index < -0.39 is 61.7 Å². The number of ether oxygens (including phenoxy) is 4. The Morgan fingerprint density at radius 3 is 1.43 bits per heavy atom. The van der Waals surface area contributed by atoms with Gasteiger partial charge in [0.15, 0.2) is 23.0 Å². The molecule has 0 N–H and O–H groups in total. The van der Waals surface area contributed by atoms with Crippen LogP contribution in [-0.4, -0.2) is 148 Å². The molecule has 12 nitrogen and oxygen atoms in total. The van der Waals surface area contributed by atoms with Crippen LogP contribution in [-0.2, 0) is 0 Å². The summed E-state index contributed by atoms with van der Waals surface area (Å²) < 4.78 is 78.8. The standard InChI is InChI=1S/C38H46F4N6O6/c1-51-31-15-27-29(43-21-25-19-37(39,40)23-47(25)35(27)49)17-33(31)53-13-5-3-7-45-9-11-46(12-10-45)8-4-6-14-54-34-18-30-28(16-32(34)52-2)36(50)48-24-38(41,42)20-26(48)22-44-30/h15-18,21-22,25-26H,3-14,19-20,23-24H2,1-2H3/t25-,26-/m0/s1. The van der Waals surface area contributed by atoms with Crippen molar-refractivity contribution >= 4 is 35.6 Å². The van der Waals surface area contributed by atoms with E-state index in [1.165, 1.54) is 48.6 Å². The highest BCUT2D eigenvalue weighted by Crippen LogP contribution is 2.42. The van der Waals surface area contributed by atoms with Crippen molar-refractivity contribution in [2.24, 2.45) is 9.98 Å². The number of amides is 2. The molecule has 5 aliphatic rings. The largest absolute Gasteiger partial charge is 0.493 e. The molecule has 3 fully saturated rings. The highest BCUT2D eigenvalue weighted by molar-refractivity contribution is 6.04. The highest BCUT2D eigenvalue weighted by atomic mass is 19.3. The summed E-state index contributed by atoms with van der Waals surface area (Å²) in [6.07, 6.45) is 5.52. The first kappa shape index (κ1) is 37.9. The summed E-state index contributed by atoms with van der Waals surface area (Å²) in [5, 5.41) is 0. The van der Waals surface area contributed by atoms with E-state index in [-0.39, 0.29) is 11.1 Å². The van der Waals surface area contributed by atoms with Gasteiger partial charge in [-0.15, -0.1) is 0 Å². The highest BCUT2D eigenvalue weighted by Gasteiger charge is 2.49. The first-order chi connectivity index (χ1) is 25.9. The zero-order valence-corrected chi connectivity index (χ0v) is 30.6. The van der Waals surface area contributed by atoms with Crippen LogP contribution in [0.1, 0.15) is 59.2 Å². The molecular formula is C38H46F4N6O6. The second kappa shape index (κ2) is 15.7. The van der Waals surface area contributed by atoms with Crippen LogP contribution in [0.4, 0.5) is 28.9 Å². The second-order valence-corrected chi connectivity index (χ2v) is 14.5. The van der Waals surface area contributed by atoms with Crippen LogP contribution in [0.2, 0.25) is 0 Å². The molecule has 0 saturated carbocycles. The van der Waals surface area contributed by atoms with Gasteiger partial charge in [-0.05, 0) is 50.9 Å². The number of piperazine rings is 1. The first-order valence-electron chi connectivity index (χ1n) is 18.5. The second-order valence-electron chi connectivity index (χ2n) is 14.5. The van der Waals surface area contributed by atoms with E-state index in [2.05, 4.69) is 19.8 Å². The SMILES string of the molecule is COc1cc2c(cc1OCCCCN1CCN(CCCCOc3cc4c(cc3OC)C(=O)N3CC(F)(F)C[C@H]3C=N4)CC1)N=C[C@@H]1CC(F)(F)CN1C2=O. The number of benzene rings is 2. The Morgan fingerprint density at radius 2 is 1.04 bits per heavy atom. The zero-order chi connectivity index (χ0) is 38.0. The van der Waals surface area contributed by atoms with Crippen LogP contribution in [0.25, 0.3) is 0 Å². The molecule has 2 aromatic rings. The summed E-state index contributed by atoms with van der Waals surface area (Å²) in [4.78, 5) is 42.1. The van der Waals surface area contributed by atoms with E-state index in [1.54, 1.807) is 12.1 Å². The van der Waals surface area contributed by atoms with Crippen molar-refractivity contribution < 1.29 is 46.1 Å². The van der Waals surface area contributed by atoms with Crippen LogP contribution in [0, 0.1) is 0 Å². The summed E-state index contributed by atoms with van der Waals surface area (Å²) in [6.45, 7) is 5.50. The Morgan fingerprint density at radius 1 is 0.630 bits per heavy atom. The fourth-order valence-corrected chi connectivity index (χ4v) is 7.72. The van der Waals surface area contributed by atoms with Crippen LogP contribution in [0.3, 0.4) is 0 Å². The third-order valence-electron chi connectivity index (χ3n) is 10.7. The van der Waals surface area contributed by atoms with Crippen LogP contribution < -0.4 is 18.9 Å². The van der Waals surface area contributed by atoms with E-state index in [0.29, 0.717) is 47.6 Å². The molecule has 0 bridgehead atoms. The van der Waals surface area contributed by atoms with Gasteiger partial charge in [0.1, 0.15) is 0 Å². The Bertz CT molecular complexity index is 1660. The monoisotopic (exact) mass is 758 g/mol. The Hall–Kier alpha value is -4.44. The molecule has 5 aliphatic heterocycles. The molecule has 0 spiro atoms. The van der Waals surface area contributed by atoms with Crippen molar-refractivity contribution in [2.75, 3.05) is 79.8 Å². The molecule has 3 saturated heterocycles. The average Bonchev–Trinajstić information content (AvgIpc) is 3.57. The van der Waals surface area contributed by atoms with Crippen LogP contribution in [0.15, 0.2) is 34.3 Å². The lowest BCUT2D eigenvalue weighted by atomic mass is 10.1. The quantitative estimate of drug-likeness (QED) is 0.185. The fourth-order valence-electron chi connectivity index (χ4n) is 7.72. The van der Waals surface area contributed by atoms with Gasteiger partial charge in [0, 0.05) is 63.6 Å². The van der Waals surface area contributed by atoms with Gasteiger partial charge in [0.2, 0.25) is 0 Å². The molecule has 54 heavy (non-hydrogen) atoms. The van der Waals surface area contributed by atoms with E-state index >= 15 is 0 Å². The maximum absolute atomic E-state index is 14.0. The number of hydrogen-bond acceptors (Lipinski definition) is 10. The minimum absolute atomic E-state index is 0.223. The number of fused-ring (bicyclic) bond motifs is 4. The van der Waals surface area contributed by atoms with Gasteiger partial charge >= 0.3 is 0 Å². The Labute approximate surface area is 311 Å². The van der Waals surface area contributed by atoms with Crippen LogP contribution in [0.5, 0.6) is 23.0 Å². The summed E-state index contributed by atoms with van der Waals surface area (Å²) >= 11 is 0. The minimum Gasteiger partial charge on any atom is -0.493 e.